The summed E-state index contributed by atoms with van der Waals surface area (Å²) in [6.07, 6.45) is 4.97. The summed E-state index contributed by atoms with van der Waals surface area (Å²) in [5.74, 6) is -0.838. The van der Waals surface area contributed by atoms with Gasteiger partial charge in [-0.1, -0.05) is 24.9 Å². The van der Waals surface area contributed by atoms with Crippen molar-refractivity contribution in [3.05, 3.63) is 29.0 Å². The van der Waals surface area contributed by atoms with Gasteiger partial charge in [0.25, 0.3) is 5.91 Å². The number of nitrogens with one attached hydrogen (secondary N) is 1. The lowest BCUT2D eigenvalue weighted by Crippen LogP contribution is -2.56. The monoisotopic (exact) mass is 310 g/mol. The normalized spacial score (nSPS) is 25.3. The number of carbonyl (C=O) groups excluding carboxylic acids is 1. The van der Waals surface area contributed by atoms with E-state index in [0.717, 1.165) is 19.3 Å². The third kappa shape index (κ3) is 3.53. The number of carboxylic acid groups (broad SMARTS) is 1. The van der Waals surface area contributed by atoms with Crippen LogP contribution in [0.4, 0.5) is 0 Å². The fraction of sp³-hybridized carbons (Fsp3) is 0.533. The molecule has 1 aliphatic carbocycles. The van der Waals surface area contributed by atoms with Gasteiger partial charge in [0.1, 0.15) is 10.7 Å². The molecular formula is C15H19ClN2O3. The fourth-order valence-corrected chi connectivity index (χ4v) is 2.88. The zero-order valence-corrected chi connectivity index (χ0v) is 12.7. The van der Waals surface area contributed by atoms with Crippen molar-refractivity contribution in [1.29, 1.82) is 0 Å². The van der Waals surface area contributed by atoms with Gasteiger partial charge in [0.15, 0.2) is 0 Å². The lowest BCUT2D eigenvalue weighted by molar-refractivity contribution is -0.146. The Morgan fingerprint density at radius 2 is 2.10 bits per heavy atom. The van der Waals surface area contributed by atoms with Crippen LogP contribution in [0, 0.1) is 5.92 Å². The number of rotatable bonds is 4. The molecule has 114 valence electrons. The molecule has 5 nitrogen and oxygen atoms in total. The number of carboxylic acids is 1. The maximum Gasteiger partial charge on any atom is 0.329 e. The van der Waals surface area contributed by atoms with Gasteiger partial charge in [0.05, 0.1) is 5.56 Å². The van der Waals surface area contributed by atoms with Crippen LogP contribution in [0.25, 0.3) is 0 Å². The first-order valence-electron chi connectivity index (χ1n) is 7.14. The van der Waals surface area contributed by atoms with Gasteiger partial charge in [-0.2, -0.15) is 0 Å². The molecule has 0 bridgehead atoms. The lowest BCUT2D eigenvalue weighted by Gasteiger charge is -2.37. The number of carbonyl (C=O) groups is 2. The van der Waals surface area contributed by atoms with Gasteiger partial charge in [0.2, 0.25) is 0 Å². The Morgan fingerprint density at radius 1 is 1.43 bits per heavy atom. The molecule has 0 aliphatic heterocycles. The summed E-state index contributed by atoms with van der Waals surface area (Å²) in [6.45, 7) is 2.11. The van der Waals surface area contributed by atoms with Crippen molar-refractivity contribution < 1.29 is 14.7 Å². The van der Waals surface area contributed by atoms with Gasteiger partial charge in [-0.15, -0.1) is 0 Å². The number of hydrogen-bond acceptors (Lipinski definition) is 3. The minimum Gasteiger partial charge on any atom is -0.480 e. The highest BCUT2D eigenvalue weighted by Gasteiger charge is 2.43. The first-order chi connectivity index (χ1) is 9.97. The molecule has 2 N–H and O–H groups in total. The van der Waals surface area contributed by atoms with E-state index in [1.54, 1.807) is 0 Å². The van der Waals surface area contributed by atoms with Gasteiger partial charge < -0.3 is 10.4 Å². The summed E-state index contributed by atoms with van der Waals surface area (Å²) >= 11 is 5.68. The van der Waals surface area contributed by atoms with E-state index in [4.69, 9.17) is 11.6 Å². The largest absolute Gasteiger partial charge is 0.480 e. The molecule has 1 aliphatic rings. The summed E-state index contributed by atoms with van der Waals surface area (Å²) in [6, 6.07) is 3.05. The van der Waals surface area contributed by atoms with Gasteiger partial charge >= 0.3 is 5.97 Å². The van der Waals surface area contributed by atoms with E-state index in [2.05, 4.69) is 17.2 Å². The maximum absolute atomic E-state index is 12.2. The molecule has 0 unspecified atom stereocenters. The Labute approximate surface area is 128 Å². The molecule has 6 heteroatoms. The molecule has 0 saturated heterocycles. The smallest absolute Gasteiger partial charge is 0.329 e. The van der Waals surface area contributed by atoms with E-state index in [9.17, 15) is 14.7 Å². The average Bonchev–Trinajstić information content (AvgIpc) is 2.48. The van der Waals surface area contributed by atoms with Crippen molar-refractivity contribution in [2.45, 2.75) is 44.6 Å². The Kier molecular flexibility index (Phi) is 4.83. The van der Waals surface area contributed by atoms with E-state index in [0.29, 0.717) is 29.5 Å². The molecule has 1 aromatic heterocycles. The Balaban J connectivity index is 2.12. The molecule has 0 atom stereocenters. The van der Waals surface area contributed by atoms with Crippen LogP contribution in [-0.2, 0) is 4.79 Å². The van der Waals surface area contributed by atoms with Gasteiger partial charge in [0, 0.05) is 6.20 Å². The fourth-order valence-electron chi connectivity index (χ4n) is 2.77. The lowest BCUT2D eigenvalue weighted by atomic mass is 9.75. The zero-order valence-electron chi connectivity index (χ0n) is 11.9. The molecular weight excluding hydrogens is 292 g/mol. The molecule has 21 heavy (non-hydrogen) atoms. The Morgan fingerprint density at radius 3 is 2.57 bits per heavy atom. The average molecular weight is 311 g/mol. The predicted octanol–water partition coefficient (Wildman–Crippen LogP) is 2.89. The zero-order chi connectivity index (χ0) is 15.5. The molecule has 2 rings (SSSR count). The second-order valence-corrected chi connectivity index (χ2v) is 5.95. The number of nitrogens with zero attached hydrogens (tertiary/aromatic N) is 1. The predicted molar refractivity (Wildman–Crippen MR) is 79.3 cm³/mol. The highest BCUT2D eigenvalue weighted by Crippen LogP contribution is 2.34. The van der Waals surface area contributed by atoms with E-state index in [-0.39, 0.29) is 0 Å². The highest BCUT2D eigenvalue weighted by molar-refractivity contribution is 6.29. The number of aliphatic carboxylic acids is 1. The number of halogens is 1. The van der Waals surface area contributed by atoms with Crippen LogP contribution < -0.4 is 5.32 Å². The molecule has 0 radical (unpaired) electrons. The van der Waals surface area contributed by atoms with Crippen LogP contribution in [0.2, 0.25) is 5.15 Å². The number of aromatic nitrogens is 1. The van der Waals surface area contributed by atoms with Crippen LogP contribution in [-0.4, -0.2) is 27.5 Å². The van der Waals surface area contributed by atoms with Crippen LogP contribution >= 0.6 is 11.6 Å². The van der Waals surface area contributed by atoms with E-state index in [1.807, 2.05) is 0 Å². The third-order valence-electron chi connectivity index (χ3n) is 4.29. The molecule has 1 heterocycles. The van der Waals surface area contributed by atoms with E-state index >= 15 is 0 Å². The maximum atomic E-state index is 12.2. The molecule has 1 aromatic rings. The number of pyridine rings is 1. The van der Waals surface area contributed by atoms with Crippen LogP contribution in [0.1, 0.15) is 49.4 Å². The van der Waals surface area contributed by atoms with Crippen molar-refractivity contribution in [3.8, 4) is 0 Å². The van der Waals surface area contributed by atoms with Crippen molar-refractivity contribution >= 4 is 23.5 Å². The molecule has 0 aromatic carbocycles. The standard InChI is InChI=1S/C15H19ClN2O3/c1-2-10-5-7-15(8-6-10,14(20)21)18-13(19)11-3-4-12(16)17-9-11/h3-4,9-10H,2,5-8H2,1H3,(H,18,19)(H,20,21). The van der Waals surface area contributed by atoms with E-state index in [1.165, 1.54) is 18.3 Å². The highest BCUT2D eigenvalue weighted by atomic mass is 35.5. The van der Waals surface area contributed by atoms with Crippen molar-refractivity contribution in [2.75, 3.05) is 0 Å². The van der Waals surface area contributed by atoms with Crippen LogP contribution in [0.15, 0.2) is 18.3 Å². The molecule has 1 saturated carbocycles. The topological polar surface area (TPSA) is 79.3 Å². The third-order valence-corrected chi connectivity index (χ3v) is 4.51. The van der Waals surface area contributed by atoms with Gasteiger partial charge in [-0.3, -0.25) is 4.79 Å². The summed E-state index contributed by atoms with van der Waals surface area (Å²) in [5.41, 5.74) is -0.847. The Bertz CT molecular complexity index is 522. The second-order valence-electron chi connectivity index (χ2n) is 5.56. The minimum absolute atomic E-state index is 0.294. The summed E-state index contributed by atoms with van der Waals surface area (Å²) in [7, 11) is 0. The first-order valence-corrected chi connectivity index (χ1v) is 7.52. The summed E-state index contributed by atoms with van der Waals surface area (Å²) in [4.78, 5) is 27.7. The molecule has 0 spiro atoms. The first kappa shape index (κ1) is 15.8. The summed E-state index contributed by atoms with van der Waals surface area (Å²) < 4.78 is 0. The van der Waals surface area contributed by atoms with Crippen LogP contribution in [0.3, 0.4) is 0 Å². The minimum atomic E-state index is -1.16. The molecule has 1 amide bonds. The molecule has 1 fully saturated rings. The Hall–Kier alpha value is -1.62. The van der Waals surface area contributed by atoms with Crippen molar-refractivity contribution in [2.24, 2.45) is 5.92 Å². The summed E-state index contributed by atoms with van der Waals surface area (Å²) in [5, 5.41) is 12.5. The van der Waals surface area contributed by atoms with Crippen molar-refractivity contribution in [3.63, 3.8) is 0 Å². The van der Waals surface area contributed by atoms with Gasteiger partial charge in [-0.25, -0.2) is 9.78 Å². The number of amides is 1. The van der Waals surface area contributed by atoms with Gasteiger partial charge in [-0.05, 0) is 43.7 Å². The van der Waals surface area contributed by atoms with E-state index < -0.39 is 17.4 Å². The second kappa shape index (κ2) is 6.43. The number of hydrogen-bond donors (Lipinski definition) is 2. The van der Waals surface area contributed by atoms with Crippen LogP contribution in [0.5, 0.6) is 0 Å². The quantitative estimate of drug-likeness (QED) is 0.838. The SMILES string of the molecule is CCC1CCC(NC(=O)c2ccc(Cl)nc2)(C(=O)O)CC1. The van der Waals surface area contributed by atoms with Crippen molar-refractivity contribution in [1.82, 2.24) is 10.3 Å².